The van der Waals surface area contributed by atoms with E-state index in [-0.39, 0.29) is 0 Å². The lowest BCUT2D eigenvalue weighted by molar-refractivity contribution is 0.572. The van der Waals surface area contributed by atoms with E-state index in [1.165, 1.54) is 27.7 Å². The van der Waals surface area contributed by atoms with Crippen LogP contribution in [0.3, 0.4) is 0 Å². The van der Waals surface area contributed by atoms with Gasteiger partial charge < -0.3 is 5.32 Å². The molecule has 0 saturated heterocycles. The van der Waals surface area contributed by atoms with Crippen molar-refractivity contribution >= 4 is 22.7 Å². The first kappa shape index (κ1) is 17.9. The largest absolute Gasteiger partial charge is 0.315 e. The summed E-state index contributed by atoms with van der Waals surface area (Å²) in [6.45, 7) is 4.23. The van der Waals surface area contributed by atoms with Crippen molar-refractivity contribution in [2.24, 2.45) is 0 Å². The maximum Gasteiger partial charge on any atom is 0.0346 e. The van der Waals surface area contributed by atoms with Crippen molar-refractivity contribution in [1.82, 2.24) is 15.0 Å². The van der Waals surface area contributed by atoms with E-state index in [0.717, 1.165) is 19.5 Å². The number of hydrogen-bond acceptors (Lipinski definition) is 4. The Bertz CT molecular complexity index is 776. The average Bonchev–Trinajstić information content (AvgIpc) is 2.67. The first-order valence-corrected chi connectivity index (χ1v) is 9.64. The minimum Gasteiger partial charge on any atom is -0.315 e. The second-order valence-corrected chi connectivity index (χ2v) is 7.21. The van der Waals surface area contributed by atoms with Crippen LogP contribution in [0.25, 0.3) is 10.8 Å². The van der Waals surface area contributed by atoms with Gasteiger partial charge in [-0.2, -0.15) is 0 Å². The van der Waals surface area contributed by atoms with Gasteiger partial charge in [0.05, 0.1) is 0 Å². The number of aromatic nitrogens is 1. The second-order valence-electron chi connectivity index (χ2n) is 6.30. The fraction of sp³-hybridized carbons (Fsp3) is 0.286. The molecule has 1 aromatic heterocycles. The molecule has 3 rings (SSSR count). The smallest absolute Gasteiger partial charge is 0.0346 e. The highest BCUT2D eigenvalue weighted by atomic mass is 32.2. The van der Waals surface area contributed by atoms with Crippen LogP contribution in [0.2, 0.25) is 0 Å². The molecule has 0 bridgehead atoms. The predicted molar refractivity (Wildman–Crippen MR) is 108 cm³/mol. The van der Waals surface area contributed by atoms with E-state index in [4.69, 9.17) is 0 Å². The van der Waals surface area contributed by atoms with E-state index < -0.39 is 0 Å². The molecule has 3 nitrogen and oxygen atoms in total. The molecule has 1 atom stereocenters. The van der Waals surface area contributed by atoms with Gasteiger partial charge in [-0.25, -0.2) is 0 Å². The summed E-state index contributed by atoms with van der Waals surface area (Å²) in [4.78, 5) is 5.39. The van der Waals surface area contributed by atoms with Crippen molar-refractivity contribution in [2.45, 2.75) is 30.7 Å². The summed E-state index contributed by atoms with van der Waals surface area (Å²) in [5.74, 6) is 0. The Morgan fingerprint density at radius 2 is 1.92 bits per heavy atom. The normalized spacial score (nSPS) is 12.4. The van der Waals surface area contributed by atoms with Gasteiger partial charge in [-0.3, -0.25) is 9.71 Å². The number of fused-ring (bicyclic) bond motifs is 1. The molecule has 4 heteroatoms. The van der Waals surface area contributed by atoms with Crippen LogP contribution in [0.15, 0.2) is 71.9 Å². The van der Waals surface area contributed by atoms with Crippen molar-refractivity contribution in [2.75, 3.05) is 13.1 Å². The fourth-order valence-corrected chi connectivity index (χ4v) is 3.46. The van der Waals surface area contributed by atoms with Gasteiger partial charge in [-0.15, -0.1) is 0 Å². The summed E-state index contributed by atoms with van der Waals surface area (Å²) in [6.07, 6.45) is 6.05. The minimum absolute atomic E-state index is 0.412. The lowest BCUT2D eigenvalue weighted by atomic mass is 10.1. The highest BCUT2D eigenvalue weighted by Gasteiger charge is 2.03. The summed E-state index contributed by atoms with van der Waals surface area (Å²) in [5.41, 5.74) is 1.41. The molecule has 25 heavy (non-hydrogen) atoms. The van der Waals surface area contributed by atoms with Gasteiger partial charge in [0.25, 0.3) is 0 Å². The quantitative estimate of drug-likeness (QED) is 0.441. The zero-order valence-corrected chi connectivity index (χ0v) is 15.4. The molecule has 1 heterocycles. The molecule has 2 N–H and O–H groups in total. The van der Waals surface area contributed by atoms with Gasteiger partial charge in [-0.05, 0) is 67.4 Å². The molecule has 0 fully saturated rings. The van der Waals surface area contributed by atoms with Gasteiger partial charge in [-0.1, -0.05) is 36.4 Å². The van der Waals surface area contributed by atoms with E-state index in [0.29, 0.717) is 6.04 Å². The number of aryl methyl sites for hydroxylation is 1. The van der Waals surface area contributed by atoms with Crippen molar-refractivity contribution in [3.05, 3.63) is 72.6 Å². The second kappa shape index (κ2) is 9.56. The molecule has 0 aliphatic rings. The van der Waals surface area contributed by atoms with Crippen molar-refractivity contribution in [3.8, 4) is 0 Å². The van der Waals surface area contributed by atoms with E-state index in [9.17, 15) is 0 Å². The molecule has 0 radical (unpaired) electrons. The molecule has 3 aromatic rings. The maximum absolute atomic E-state index is 4.15. The average molecular weight is 352 g/mol. The Morgan fingerprint density at radius 1 is 1.04 bits per heavy atom. The van der Waals surface area contributed by atoms with Gasteiger partial charge in [0.2, 0.25) is 0 Å². The highest BCUT2D eigenvalue weighted by Crippen LogP contribution is 2.21. The zero-order valence-electron chi connectivity index (χ0n) is 14.6. The highest BCUT2D eigenvalue weighted by molar-refractivity contribution is 7.97. The van der Waals surface area contributed by atoms with Crippen LogP contribution in [-0.2, 0) is 6.42 Å². The fourth-order valence-electron chi connectivity index (χ4n) is 2.72. The molecule has 2 aromatic carbocycles. The Labute approximate surface area is 154 Å². The number of hydrogen-bond donors (Lipinski definition) is 2. The molecule has 0 saturated carbocycles. The van der Waals surface area contributed by atoms with Crippen molar-refractivity contribution < 1.29 is 0 Å². The maximum atomic E-state index is 4.15. The number of pyridine rings is 1. The monoisotopic (exact) mass is 351 g/mol. The molecular weight excluding hydrogens is 326 g/mol. The molecule has 130 valence electrons. The number of nitrogens with zero attached hydrogens (tertiary/aromatic N) is 1. The lowest BCUT2D eigenvalue weighted by Gasteiger charge is -2.14. The van der Waals surface area contributed by atoms with Crippen LogP contribution >= 0.6 is 11.9 Å². The Balaban J connectivity index is 1.34. The molecule has 0 aliphatic carbocycles. The van der Waals surface area contributed by atoms with Crippen LogP contribution in [-0.4, -0.2) is 24.1 Å². The van der Waals surface area contributed by atoms with E-state index in [2.05, 4.69) is 76.5 Å². The van der Waals surface area contributed by atoms with Crippen molar-refractivity contribution in [1.29, 1.82) is 0 Å². The number of benzene rings is 2. The topological polar surface area (TPSA) is 37.0 Å². The van der Waals surface area contributed by atoms with Crippen LogP contribution < -0.4 is 10.0 Å². The van der Waals surface area contributed by atoms with E-state index in [1.807, 2.05) is 12.4 Å². The van der Waals surface area contributed by atoms with Crippen LogP contribution in [0.1, 0.15) is 18.9 Å². The van der Waals surface area contributed by atoms with Crippen LogP contribution in [0.4, 0.5) is 0 Å². The number of nitrogens with one attached hydrogen (secondary N) is 2. The molecule has 0 unspecified atom stereocenters. The summed E-state index contributed by atoms with van der Waals surface area (Å²) >= 11 is 1.69. The van der Waals surface area contributed by atoms with E-state index in [1.54, 1.807) is 11.9 Å². The van der Waals surface area contributed by atoms with E-state index >= 15 is 0 Å². The summed E-state index contributed by atoms with van der Waals surface area (Å²) in [7, 11) is 0. The zero-order chi connectivity index (χ0) is 17.3. The van der Waals surface area contributed by atoms with Gasteiger partial charge in [0, 0.05) is 35.3 Å². The molecular formula is C21H25N3S. The Kier molecular flexibility index (Phi) is 6.86. The van der Waals surface area contributed by atoms with Gasteiger partial charge >= 0.3 is 0 Å². The van der Waals surface area contributed by atoms with Crippen molar-refractivity contribution in [3.63, 3.8) is 0 Å². The third-order valence-electron chi connectivity index (χ3n) is 4.10. The molecule has 0 amide bonds. The van der Waals surface area contributed by atoms with Crippen LogP contribution in [0.5, 0.6) is 0 Å². The first-order valence-electron chi connectivity index (χ1n) is 8.82. The van der Waals surface area contributed by atoms with Gasteiger partial charge in [0.15, 0.2) is 0 Å². The Hall–Kier alpha value is -1.88. The summed E-state index contributed by atoms with van der Waals surface area (Å²) in [5, 5.41) is 5.95. The van der Waals surface area contributed by atoms with Gasteiger partial charge in [0.1, 0.15) is 0 Å². The molecule has 0 spiro atoms. The summed E-state index contributed by atoms with van der Waals surface area (Å²) in [6, 6.07) is 19.6. The third kappa shape index (κ3) is 5.85. The molecule has 0 aliphatic heterocycles. The predicted octanol–water partition coefficient (Wildman–Crippen LogP) is 4.44. The first-order chi connectivity index (χ1) is 12.3. The number of rotatable bonds is 9. The minimum atomic E-state index is 0.412. The third-order valence-corrected chi connectivity index (χ3v) is 5.11. The lowest BCUT2D eigenvalue weighted by Crippen LogP contribution is -2.33. The Morgan fingerprint density at radius 3 is 2.80 bits per heavy atom. The SMILES string of the molecule is C[C@H](CNCCCc1ccccc1)NSc1ccc2cnccc2c1. The standard InChI is InChI=1S/C21H25N3S/c1-17(15-22-12-5-8-18-6-3-2-4-7-18)24-25-21-10-9-20-16-23-13-11-19(20)14-21/h2-4,6-7,9-11,13-14,16-17,22,24H,5,8,12,15H2,1H3/t17-/m1/s1. The summed E-state index contributed by atoms with van der Waals surface area (Å²) < 4.78 is 3.51. The van der Waals surface area contributed by atoms with Crippen LogP contribution in [0, 0.1) is 0 Å².